The standard InChI is InChI=1S/C50H34N2/c1-3-12-35(13-4-1)38-22-26-42(27-23-38)51(43-20-11-19-41(32-43)36-14-5-2-6-15-36)45-29-31-48-47(34-45)50-46-21-10-9-17-39(46)25-30-49(50)52(48)44-28-24-37-16-7-8-18-40(37)33-44/h1-34H. The van der Waals surface area contributed by atoms with Gasteiger partial charge in [-0.2, -0.15) is 0 Å². The van der Waals surface area contributed by atoms with Gasteiger partial charge in [0.1, 0.15) is 0 Å². The maximum atomic E-state index is 2.43. The van der Waals surface area contributed by atoms with E-state index in [1.54, 1.807) is 0 Å². The van der Waals surface area contributed by atoms with E-state index in [0.717, 1.165) is 22.7 Å². The van der Waals surface area contributed by atoms with E-state index in [9.17, 15) is 0 Å². The molecule has 0 saturated heterocycles. The van der Waals surface area contributed by atoms with Crippen LogP contribution in [0.5, 0.6) is 0 Å². The average Bonchev–Trinajstić information content (AvgIpc) is 3.56. The highest BCUT2D eigenvalue weighted by molar-refractivity contribution is 6.22. The Hall–Kier alpha value is -6.90. The average molecular weight is 663 g/mol. The van der Waals surface area contributed by atoms with Crippen LogP contribution in [0.1, 0.15) is 0 Å². The van der Waals surface area contributed by atoms with Crippen LogP contribution in [-0.4, -0.2) is 4.57 Å². The van der Waals surface area contributed by atoms with Crippen molar-refractivity contribution in [3.63, 3.8) is 0 Å². The maximum Gasteiger partial charge on any atom is 0.0547 e. The number of hydrogen-bond donors (Lipinski definition) is 0. The number of anilines is 3. The van der Waals surface area contributed by atoms with Crippen molar-refractivity contribution in [2.75, 3.05) is 4.90 Å². The summed E-state index contributed by atoms with van der Waals surface area (Å²) in [6.45, 7) is 0. The summed E-state index contributed by atoms with van der Waals surface area (Å²) >= 11 is 0. The molecule has 244 valence electrons. The molecule has 0 bridgehead atoms. The summed E-state index contributed by atoms with van der Waals surface area (Å²) in [7, 11) is 0. The molecule has 0 unspecified atom stereocenters. The highest BCUT2D eigenvalue weighted by Gasteiger charge is 2.19. The molecule has 0 aliphatic heterocycles. The van der Waals surface area contributed by atoms with E-state index in [1.165, 1.54) is 65.6 Å². The van der Waals surface area contributed by atoms with Crippen LogP contribution >= 0.6 is 0 Å². The Morgan fingerprint density at radius 1 is 0.308 bits per heavy atom. The van der Waals surface area contributed by atoms with Crippen molar-refractivity contribution in [1.82, 2.24) is 4.57 Å². The van der Waals surface area contributed by atoms with E-state index in [1.807, 2.05) is 0 Å². The van der Waals surface area contributed by atoms with Gasteiger partial charge in [-0.3, -0.25) is 0 Å². The van der Waals surface area contributed by atoms with Crippen LogP contribution < -0.4 is 4.90 Å². The fraction of sp³-hybridized carbons (Fsp3) is 0. The normalized spacial score (nSPS) is 11.5. The van der Waals surface area contributed by atoms with Crippen LogP contribution in [-0.2, 0) is 0 Å². The molecule has 10 rings (SSSR count). The summed E-state index contributed by atoms with van der Waals surface area (Å²) in [5.74, 6) is 0. The van der Waals surface area contributed by atoms with Gasteiger partial charge in [-0.15, -0.1) is 0 Å². The van der Waals surface area contributed by atoms with E-state index in [2.05, 4.69) is 216 Å². The lowest BCUT2D eigenvalue weighted by atomic mass is 10.0. The first-order valence-electron chi connectivity index (χ1n) is 17.8. The van der Waals surface area contributed by atoms with Gasteiger partial charge in [-0.05, 0) is 104 Å². The molecule has 10 aromatic rings. The molecule has 0 amide bonds. The molecule has 0 atom stereocenters. The Labute approximate surface area is 303 Å². The Morgan fingerprint density at radius 2 is 0.885 bits per heavy atom. The van der Waals surface area contributed by atoms with Crippen molar-refractivity contribution in [1.29, 1.82) is 0 Å². The molecular formula is C50H34N2. The largest absolute Gasteiger partial charge is 0.310 e. The highest BCUT2D eigenvalue weighted by Crippen LogP contribution is 2.43. The van der Waals surface area contributed by atoms with E-state index in [0.29, 0.717) is 0 Å². The van der Waals surface area contributed by atoms with Crippen LogP contribution in [0.2, 0.25) is 0 Å². The lowest BCUT2D eigenvalue weighted by molar-refractivity contribution is 1.18. The minimum Gasteiger partial charge on any atom is -0.310 e. The number of rotatable bonds is 6. The highest BCUT2D eigenvalue weighted by atomic mass is 15.1. The van der Waals surface area contributed by atoms with Gasteiger partial charge in [0.15, 0.2) is 0 Å². The van der Waals surface area contributed by atoms with Crippen molar-refractivity contribution < 1.29 is 0 Å². The third-order valence-electron chi connectivity index (χ3n) is 10.3. The fourth-order valence-electron chi connectivity index (χ4n) is 7.85. The Morgan fingerprint density at radius 3 is 1.67 bits per heavy atom. The zero-order valence-corrected chi connectivity index (χ0v) is 28.5. The molecule has 9 aromatic carbocycles. The molecule has 52 heavy (non-hydrogen) atoms. The molecule has 0 spiro atoms. The van der Waals surface area contributed by atoms with Crippen LogP contribution in [0.25, 0.3) is 71.3 Å². The van der Waals surface area contributed by atoms with Crippen molar-refractivity contribution in [2.45, 2.75) is 0 Å². The van der Waals surface area contributed by atoms with Crippen LogP contribution in [0.15, 0.2) is 206 Å². The summed E-state index contributed by atoms with van der Waals surface area (Å²) in [5.41, 5.74) is 11.6. The quantitative estimate of drug-likeness (QED) is 0.172. The minimum atomic E-state index is 1.10. The Balaban J connectivity index is 1.21. The molecule has 1 aromatic heterocycles. The summed E-state index contributed by atoms with van der Waals surface area (Å²) in [4.78, 5) is 2.39. The number of aromatic nitrogens is 1. The SMILES string of the molecule is c1ccc(-c2ccc(N(c3cccc(-c4ccccc4)c3)c3ccc4c(c3)c3c5ccccc5ccc3n4-c3ccc4ccccc4c3)cc2)cc1. The second kappa shape index (κ2) is 12.5. The van der Waals surface area contributed by atoms with E-state index in [-0.39, 0.29) is 0 Å². The molecule has 2 heteroatoms. The first-order chi connectivity index (χ1) is 25.8. The van der Waals surface area contributed by atoms with Crippen LogP contribution in [0.3, 0.4) is 0 Å². The molecular weight excluding hydrogens is 629 g/mol. The van der Waals surface area contributed by atoms with Gasteiger partial charge in [0, 0.05) is 33.5 Å². The lowest BCUT2D eigenvalue weighted by Crippen LogP contribution is -2.10. The number of nitrogens with zero attached hydrogens (tertiary/aromatic N) is 2. The van der Waals surface area contributed by atoms with Crippen molar-refractivity contribution in [2.24, 2.45) is 0 Å². The number of hydrogen-bond acceptors (Lipinski definition) is 1. The fourth-order valence-corrected chi connectivity index (χ4v) is 7.85. The Kier molecular flexibility index (Phi) is 7.18. The van der Waals surface area contributed by atoms with Gasteiger partial charge in [0.2, 0.25) is 0 Å². The third-order valence-corrected chi connectivity index (χ3v) is 10.3. The van der Waals surface area contributed by atoms with Crippen LogP contribution in [0.4, 0.5) is 17.1 Å². The molecule has 0 fully saturated rings. The molecule has 0 aliphatic carbocycles. The molecule has 0 aliphatic rings. The predicted molar refractivity (Wildman–Crippen MR) is 221 cm³/mol. The lowest BCUT2D eigenvalue weighted by Gasteiger charge is -2.26. The van der Waals surface area contributed by atoms with Crippen LogP contribution in [0, 0.1) is 0 Å². The zero-order chi connectivity index (χ0) is 34.4. The number of benzene rings is 9. The number of fused-ring (bicyclic) bond motifs is 6. The van der Waals surface area contributed by atoms with Gasteiger partial charge in [0.25, 0.3) is 0 Å². The maximum absolute atomic E-state index is 2.43. The second-order valence-corrected chi connectivity index (χ2v) is 13.4. The van der Waals surface area contributed by atoms with E-state index in [4.69, 9.17) is 0 Å². The first kappa shape index (κ1) is 30.0. The van der Waals surface area contributed by atoms with E-state index >= 15 is 0 Å². The summed E-state index contributed by atoms with van der Waals surface area (Å²) in [6.07, 6.45) is 0. The minimum absolute atomic E-state index is 1.10. The molecule has 0 radical (unpaired) electrons. The first-order valence-corrected chi connectivity index (χ1v) is 17.8. The molecule has 0 saturated carbocycles. The van der Waals surface area contributed by atoms with Crippen molar-refractivity contribution >= 4 is 60.4 Å². The summed E-state index contributed by atoms with van der Waals surface area (Å²) < 4.78 is 2.43. The van der Waals surface area contributed by atoms with E-state index < -0.39 is 0 Å². The topological polar surface area (TPSA) is 8.17 Å². The molecule has 2 nitrogen and oxygen atoms in total. The summed E-state index contributed by atoms with van der Waals surface area (Å²) in [6, 6.07) is 74.7. The predicted octanol–water partition coefficient (Wildman–Crippen LogP) is 13.9. The smallest absolute Gasteiger partial charge is 0.0547 e. The molecule has 0 N–H and O–H groups in total. The zero-order valence-electron chi connectivity index (χ0n) is 28.5. The van der Waals surface area contributed by atoms with Gasteiger partial charge in [-0.25, -0.2) is 0 Å². The van der Waals surface area contributed by atoms with Gasteiger partial charge >= 0.3 is 0 Å². The Bertz CT molecular complexity index is 2890. The van der Waals surface area contributed by atoms with Gasteiger partial charge in [0.05, 0.1) is 11.0 Å². The van der Waals surface area contributed by atoms with Crippen molar-refractivity contribution in [3.05, 3.63) is 206 Å². The van der Waals surface area contributed by atoms with Gasteiger partial charge < -0.3 is 9.47 Å². The monoisotopic (exact) mass is 662 g/mol. The van der Waals surface area contributed by atoms with Crippen molar-refractivity contribution in [3.8, 4) is 27.9 Å². The molecule has 1 heterocycles. The third kappa shape index (κ3) is 5.12. The van der Waals surface area contributed by atoms with Gasteiger partial charge in [-0.1, -0.05) is 146 Å². The second-order valence-electron chi connectivity index (χ2n) is 13.4. The summed E-state index contributed by atoms with van der Waals surface area (Å²) in [5, 5.41) is 7.46.